The number of benzene rings is 1. The fourth-order valence-electron chi connectivity index (χ4n) is 4.20. The smallest absolute Gasteiger partial charge is 0.328 e. The van der Waals surface area contributed by atoms with Crippen LogP contribution >= 0.6 is 0 Å². The van der Waals surface area contributed by atoms with Crippen LogP contribution in [0.25, 0.3) is 0 Å². The zero-order chi connectivity index (χ0) is 28.6. The number of ether oxygens (including phenoxy) is 1. The number of aryl methyl sites for hydroxylation is 1. The Morgan fingerprint density at radius 3 is 2.64 bits per heavy atom. The van der Waals surface area contributed by atoms with Gasteiger partial charge in [0.2, 0.25) is 5.95 Å². The highest BCUT2D eigenvalue weighted by Crippen LogP contribution is 2.20. The number of hydrogen-bond acceptors (Lipinski definition) is 7. The van der Waals surface area contributed by atoms with Gasteiger partial charge in [-0.05, 0) is 69.7 Å². The molecule has 0 amide bonds. The van der Waals surface area contributed by atoms with E-state index in [0.29, 0.717) is 43.2 Å². The molecule has 212 valence electrons. The van der Waals surface area contributed by atoms with Crippen molar-refractivity contribution in [2.24, 2.45) is 5.92 Å². The quantitative estimate of drug-likeness (QED) is 0.178. The lowest BCUT2D eigenvalue weighted by Crippen LogP contribution is -2.33. The number of allylic oxidation sites excluding steroid dienone is 2. The van der Waals surface area contributed by atoms with Gasteiger partial charge in [0, 0.05) is 43.0 Å². The average molecular weight is 541 g/mol. The predicted octanol–water partition coefficient (Wildman–Crippen LogP) is 4.02. The first-order valence-corrected chi connectivity index (χ1v) is 13.2. The van der Waals surface area contributed by atoms with Crippen molar-refractivity contribution < 1.29 is 24.5 Å². The second-order valence-corrected chi connectivity index (χ2v) is 9.54. The van der Waals surface area contributed by atoms with E-state index in [2.05, 4.69) is 45.3 Å². The topological polar surface area (TPSA) is 145 Å². The predicted molar refractivity (Wildman–Crippen MR) is 151 cm³/mol. The minimum atomic E-state index is -1.26. The van der Waals surface area contributed by atoms with E-state index in [0.717, 1.165) is 30.3 Å². The highest BCUT2D eigenvalue weighted by Gasteiger charge is 2.16. The molecule has 1 aliphatic rings. The molecule has 2 heterocycles. The molecule has 1 aromatic heterocycles. The van der Waals surface area contributed by atoms with Crippen LogP contribution in [0.2, 0.25) is 0 Å². The fourth-order valence-corrected chi connectivity index (χ4v) is 4.20. The number of anilines is 1. The molecule has 3 rings (SSSR count). The van der Waals surface area contributed by atoms with Crippen LogP contribution in [0.1, 0.15) is 49.9 Å². The summed E-state index contributed by atoms with van der Waals surface area (Å²) in [6, 6.07) is 8.42. The van der Waals surface area contributed by atoms with Crippen LogP contribution in [0.4, 0.5) is 5.95 Å². The maximum absolute atomic E-state index is 12.2. The van der Waals surface area contributed by atoms with Gasteiger partial charge in [0.05, 0.1) is 6.61 Å². The number of piperidine rings is 1. The Morgan fingerprint density at radius 2 is 2.00 bits per heavy atom. The highest BCUT2D eigenvalue weighted by molar-refractivity contribution is 5.89. The number of carbonyl (C=O) groups is 2. The number of aromatic amines is 1. The maximum Gasteiger partial charge on any atom is 0.328 e. The number of nitrogens with zero attached hydrogens (tertiary/aromatic N) is 2. The molecule has 1 unspecified atom stereocenters. The van der Waals surface area contributed by atoms with Crippen LogP contribution in [0.3, 0.4) is 0 Å². The lowest BCUT2D eigenvalue weighted by Gasteiger charge is -2.30. The summed E-state index contributed by atoms with van der Waals surface area (Å²) in [5, 5.41) is 18.8. The Morgan fingerprint density at radius 1 is 1.26 bits per heavy atom. The van der Waals surface area contributed by atoms with Gasteiger partial charge in [0.1, 0.15) is 5.75 Å². The van der Waals surface area contributed by atoms with Crippen LogP contribution in [0.5, 0.6) is 5.75 Å². The Bertz CT molecular complexity index is 1170. The Hall–Kier alpha value is -3.92. The number of likely N-dealkylation sites (tertiary alicyclic amines) is 1. The number of hydrogen-bond donors (Lipinski definition) is 4. The molecular weight excluding hydrogens is 500 g/mol. The van der Waals surface area contributed by atoms with Gasteiger partial charge >= 0.3 is 11.9 Å². The summed E-state index contributed by atoms with van der Waals surface area (Å²) in [6.07, 6.45) is 9.08. The number of aliphatic carboxylic acids is 2. The van der Waals surface area contributed by atoms with E-state index in [4.69, 9.17) is 14.9 Å². The lowest BCUT2D eigenvalue weighted by atomic mass is 10.00. The van der Waals surface area contributed by atoms with E-state index >= 15 is 0 Å². The monoisotopic (exact) mass is 540 g/mol. The van der Waals surface area contributed by atoms with Gasteiger partial charge in [0.15, 0.2) is 0 Å². The van der Waals surface area contributed by atoms with Gasteiger partial charge in [-0.1, -0.05) is 31.2 Å². The van der Waals surface area contributed by atoms with E-state index in [9.17, 15) is 14.4 Å². The van der Waals surface area contributed by atoms with Gasteiger partial charge in [0.25, 0.3) is 5.56 Å². The van der Waals surface area contributed by atoms with Crippen molar-refractivity contribution in [2.45, 2.75) is 53.0 Å². The van der Waals surface area contributed by atoms with Crippen LogP contribution in [0.15, 0.2) is 53.4 Å². The summed E-state index contributed by atoms with van der Waals surface area (Å²) < 4.78 is 5.95. The summed E-state index contributed by atoms with van der Waals surface area (Å²) in [5.41, 5.74) is 2.70. The SMILES string of the molecule is C/C=C/Cc1c(C)[nH]c(NCCCOc2cccc(CN3CCCC(C)C3)c2)nc1=O.O=C(O)/C=C\C(=O)O. The molecular formula is C29H40N4O6. The fraction of sp³-hybridized carbons (Fsp3) is 0.448. The maximum atomic E-state index is 12.2. The van der Waals surface area contributed by atoms with Crippen molar-refractivity contribution in [2.75, 3.05) is 31.6 Å². The lowest BCUT2D eigenvalue weighted by molar-refractivity contribution is -0.134. The molecule has 0 bridgehead atoms. The van der Waals surface area contributed by atoms with Crippen LogP contribution in [0, 0.1) is 12.8 Å². The van der Waals surface area contributed by atoms with Crippen molar-refractivity contribution >= 4 is 17.9 Å². The van der Waals surface area contributed by atoms with E-state index in [1.807, 2.05) is 32.1 Å². The summed E-state index contributed by atoms with van der Waals surface area (Å²) in [4.78, 5) is 41.1. The second kappa shape index (κ2) is 16.8. The molecule has 2 aromatic rings. The van der Waals surface area contributed by atoms with Crippen molar-refractivity contribution in [3.8, 4) is 5.75 Å². The number of aromatic nitrogens is 2. The van der Waals surface area contributed by atoms with Crippen LogP contribution < -0.4 is 15.6 Å². The molecule has 0 aliphatic carbocycles. The zero-order valence-electron chi connectivity index (χ0n) is 23.0. The molecule has 10 heteroatoms. The number of carboxylic acid groups (broad SMARTS) is 2. The van der Waals surface area contributed by atoms with Gasteiger partial charge in [-0.25, -0.2) is 9.59 Å². The first kappa shape index (κ1) is 31.3. The molecule has 0 radical (unpaired) electrons. The minimum absolute atomic E-state index is 0.173. The van der Waals surface area contributed by atoms with Crippen molar-refractivity contribution in [1.29, 1.82) is 0 Å². The molecule has 0 saturated carbocycles. The number of carboxylic acids is 2. The number of H-pyrrole nitrogens is 1. The van der Waals surface area contributed by atoms with Crippen molar-refractivity contribution in [3.63, 3.8) is 0 Å². The minimum Gasteiger partial charge on any atom is -0.494 e. The van der Waals surface area contributed by atoms with Crippen LogP contribution in [-0.4, -0.2) is 63.3 Å². The number of rotatable bonds is 12. The third kappa shape index (κ3) is 12.4. The van der Waals surface area contributed by atoms with Gasteiger partial charge < -0.3 is 25.3 Å². The van der Waals surface area contributed by atoms with Crippen LogP contribution in [-0.2, 0) is 22.6 Å². The summed E-state index contributed by atoms with van der Waals surface area (Å²) in [7, 11) is 0. The van der Waals surface area contributed by atoms with Crippen molar-refractivity contribution in [1.82, 2.24) is 14.9 Å². The molecule has 10 nitrogen and oxygen atoms in total. The molecule has 1 atom stereocenters. The summed E-state index contributed by atoms with van der Waals surface area (Å²) >= 11 is 0. The molecule has 1 aliphatic heterocycles. The normalized spacial score (nSPS) is 15.6. The molecule has 4 N–H and O–H groups in total. The molecule has 39 heavy (non-hydrogen) atoms. The average Bonchev–Trinajstić information content (AvgIpc) is 2.87. The van der Waals surface area contributed by atoms with E-state index in [1.54, 1.807) is 0 Å². The van der Waals surface area contributed by atoms with E-state index in [-0.39, 0.29) is 5.56 Å². The largest absolute Gasteiger partial charge is 0.494 e. The van der Waals surface area contributed by atoms with Gasteiger partial charge in [-0.3, -0.25) is 9.69 Å². The van der Waals surface area contributed by atoms with Crippen molar-refractivity contribution in [3.05, 3.63) is 75.7 Å². The Balaban J connectivity index is 0.000000580. The zero-order valence-corrected chi connectivity index (χ0v) is 23.0. The summed E-state index contributed by atoms with van der Waals surface area (Å²) in [6.45, 7) is 10.8. The van der Waals surface area contributed by atoms with E-state index < -0.39 is 11.9 Å². The second-order valence-electron chi connectivity index (χ2n) is 9.54. The molecule has 1 fully saturated rings. The van der Waals surface area contributed by atoms with E-state index in [1.165, 1.54) is 31.5 Å². The first-order chi connectivity index (χ1) is 18.7. The molecule has 1 aromatic carbocycles. The van der Waals surface area contributed by atoms with Gasteiger partial charge in [-0.2, -0.15) is 4.98 Å². The third-order valence-corrected chi connectivity index (χ3v) is 6.08. The third-order valence-electron chi connectivity index (χ3n) is 6.08. The highest BCUT2D eigenvalue weighted by atomic mass is 16.5. The summed E-state index contributed by atoms with van der Waals surface area (Å²) in [5.74, 6) is -0.291. The standard InChI is InChI=1S/C25H36N4O2.C4H4O4/c1-4-5-12-23-20(3)27-25(28-24(23)30)26-13-8-15-31-22-11-6-10-21(16-22)18-29-14-7-9-19(2)17-29;5-3(6)1-2-4(7)8/h4-6,10-11,16,19H,7-9,12-15,17-18H2,1-3H3,(H2,26,27,28,30);1-2H,(H,5,6)(H,7,8)/b5-4+;2-1-. The Labute approximate surface area is 229 Å². The first-order valence-electron chi connectivity index (χ1n) is 13.2. The number of nitrogens with one attached hydrogen (secondary N) is 2. The Kier molecular flexibility index (Phi) is 13.5. The molecule has 0 spiro atoms. The molecule has 1 saturated heterocycles. The van der Waals surface area contributed by atoms with Gasteiger partial charge in [-0.15, -0.1) is 0 Å².